The van der Waals surface area contributed by atoms with E-state index in [2.05, 4.69) is 33.3 Å². The molecule has 196 valence electrons. The number of nitrogens with zero attached hydrogens (tertiary/aromatic N) is 5. The molecule has 2 aliphatic heterocycles. The lowest BCUT2D eigenvalue weighted by Gasteiger charge is -2.40. The topological polar surface area (TPSA) is 89.5 Å². The summed E-state index contributed by atoms with van der Waals surface area (Å²) in [4.78, 5) is 25.0. The quantitative estimate of drug-likeness (QED) is 0.316. The van der Waals surface area contributed by atoms with Gasteiger partial charge in [-0.15, -0.1) is 0 Å². The van der Waals surface area contributed by atoms with E-state index < -0.39 is 0 Å². The second-order valence-corrected chi connectivity index (χ2v) is 10.0. The molecule has 0 spiro atoms. The first kappa shape index (κ1) is 24.7. The maximum absolute atomic E-state index is 11.9. The lowest BCUT2D eigenvalue weighted by Crippen LogP contribution is -2.52. The molecule has 8 nitrogen and oxygen atoms in total. The average molecular weight is 519 g/mol. The van der Waals surface area contributed by atoms with E-state index in [-0.39, 0.29) is 11.8 Å². The molecular formula is C31H30N6O2. The van der Waals surface area contributed by atoms with E-state index in [1.807, 2.05) is 71.1 Å². The van der Waals surface area contributed by atoms with Crippen LogP contribution in [0.15, 0.2) is 73.6 Å². The Balaban J connectivity index is 1.25. The normalized spacial score (nSPS) is 17.5. The number of para-hydroxylation sites is 1. The SMILES string of the molecule is C=CC(=O)N1CCC(N2CC(C#Cc3c(-c4ccc(Oc5ccccc5)cc4)c4c(N)ncnc4n3C)C2)C1. The van der Waals surface area contributed by atoms with Gasteiger partial charge in [0.1, 0.15) is 35.0 Å². The smallest absolute Gasteiger partial charge is 0.246 e. The van der Waals surface area contributed by atoms with Crippen molar-refractivity contribution in [2.75, 3.05) is 31.9 Å². The number of anilines is 1. The van der Waals surface area contributed by atoms with Crippen LogP contribution in [0.4, 0.5) is 5.82 Å². The maximum atomic E-state index is 11.9. The van der Waals surface area contributed by atoms with Crippen LogP contribution in [0, 0.1) is 17.8 Å². The number of rotatable bonds is 5. The second-order valence-electron chi connectivity index (χ2n) is 10.0. The van der Waals surface area contributed by atoms with Gasteiger partial charge in [0.25, 0.3) is 0 Å². The summed E-state index contributed by atoms with van der Waals surface area (Å²) in [5.41, 5.74) is 9.86. The van der Waals surface area contributed by atoms with E-state index in [1.54, 1.807) is 0 Å². The van der Waals surface area contributed by atoms with Gasteiger partial charge in [0.15, 0.2) is 0 Å². The Morgan fingerprint density at radius 3 is 2.56 bits per heavy atom. The standard InChI is InChI=1S/C31H30N6O2/c1-3-27(38)36-16-15-23(19-36)37-17-21(18-37)9-14-26-28(29-30(32)33-20-34-31(29)35(26)2)22-10-12-25(13-11-22)39-24-7-5-4-6-8-24/h3-8,10-13,20-21,23H,1,15-19H2,2H3,(H2,32,33,34). The zero-order chi connectivity index (χ0) is 26.9. The van der Waals surface area contributed by atoms with Crippen molar-refractivity contribution >= 4 is 22.8 Å². The highest BCUT2D eigenvalue weighted by Crippen LogP contribution is 2.37. The molecule has 8 heteroatoms. The molecule has 2 fully saturated rings. The number of carbonyl (C=O) groups is 1. The third-order valence-electron chi connectivity index (χ3n) is 7.59. The summed E-state index contributed by atoms with van der Waals surface area (Å²) in [6, 6.07) is 18.0. The lowest BCUT2D eigenvalue weighted by atomic mass is 9.97. The first-order valence-corrected chi connectivity index (χ1v) is 13.1. The number of carbonyl (C=O) groups excluding carboxylic acids is 1. The Kier molecular flexibility index (Phi) is 6.51. The monoisotopic (exact) mass is 518 g/mol. The number of nitrogen functional groups attached to an aromatic ring is 1. The molecule has 6 rings (SSSR count). The summed E-state index contributed by atoms with van der Waals surface area (Å²) >= 11 is 0. The van der Waals surface area contributed by atoms with Crippen molar-refractivity contribution in [3.63, 3.8) is 0 Å². The predicted molar refractivity (Wildman–Crippen MR) is 152 cm³/mol. The van der Waals surface area contributed by atoms with Crippen LogP contribution in [-0.2, 0) is 11.8 Å². The number of aryl methyl sites for hydroxylation is 1. The third kappa shape index (κ3) is 4.73. The number of likely N-dealkylation sites (tertiary alicyclic amines) is 2. The van der Waals surface area contributed by atoms with Crippen LogP contribution < -0.4 is 10.5 Å². The van der Waals surface area contributed by atoms with Crippen molar-refractivity contribution in [2.24, 2.45) is 13.0 Å². The molecule has 39 heavy (non-hydrogen) atoms. The van der Waals surface area contributed by atoms with Crippen LogP contribution in [0.2, 0.25) is 0 Å². The molecule has 0 radical (unpaired) electrons. The molecule has 2 N–H and O–H groups in total. The minimum Gasteiger partial charge on any atom is -0.457 e. The lowest BCUT2D eigenvalue weighted by molar-refractivity contribution is -0.125. The number of hydrogen-bond acceptors (Lipinski definition) is 6. The molecule has 2 aromatic carbocycles. The number of nitrogens with two attached hydrogens (primary N) is 1. The highest BCUT2D eigenvalue weighted by atomic mass is 16.5. The molecule has 4 aromatic rings. The Labute approximate surface area is 227 Å². The molecule has 0 aliphatic carbocycles. The van der Waals surface area contributed by atoms with Crippen molar-refractivity contribution in [1.29, 1.82) is 0 Å². The Hall–Kier alpha value is -4.61. The average Bonchev–Trinajstić information content (AvgIpc) is 3.53. The van der Waals surface area contributed by atoms with Crippen molar-refractivity contribution in [1.82, 2.24) is 24.3 Å². The Bertz CT molecular complexity index is 1590. The Morgan fingerprint density at radius 1 is 1.08 bits per heavy atom. The van der Waals surface area contributed by atoms with Crippen molar-refractivity contribution in [3.8, 4) is 34.5 Å². The minimum atomic E-state index is 0.0136. The fourth-order valence-corrected chi connectivity index (χ4v) is 5.46. The number of ether oxygens (including phenoxy) is 1. The van der Waals surface area contributed by atoms with Gasteiger partial charge >= 0.3 is 0 Å². The number of aromatic nitrogens is 3. The van der Waals surface area contributed by atoms with Gasteiger partial charge in [-0.25, -0.2) is 9.97 Å². The van der Waals surface area contributed by atoms with Crippen molar-refractivity contribution in [3.05, 3.63) is 79.3 Å². The molecule has 2 saturated heterocycles. The second kappa shape index (κ2) is 10.3. The molecule has 2 aliphatic rings. The first-order chi connectivity index (χ1) is 19.0. The number of hydrogen-bond donors (Lipinski definition) is 1. The summed E-state index contributed by atoms with van der Waals surface area (Å²) in [5, 5.41) is 0.800. The summed E-state index contributed by atoms with van der Waals surface area (Å²) in [7, 11) is 1.96. The van der Waals surface area contributed by atoms with Crippen molar-refractivity contribution in [2.45, 2.75) is 12.5 Å². The van der Waals surface area contributed by atoms with Gasteiger partial charge in [-0.3, -0.25) is 9.69 Å². The van der Waals surface area contributed by atoms with E-state index in [1.165, 1.54) is 12.4 Å². The summed E-state index contributed by atoms with van der Waals surface area (Å²) in [6.45, 7) is 6.97. The number of fused-ring (bicyclic) bond motifs is 1. The highest BCUT2D eigenvalue weighted by molar-refractivity contribution is 6.03. The van der Waals surface area contributed by atoms with E-state index in [0.29, 0.717) is 11.9 Å². The van der Waals surface area contributed by atoms with Gasteiger partial charge in [-0.1, -0.05) is 42.8 Å². The van der Waals surface area contributed by atoms with Gasteiger partial charge < -0.3 is 19.9 Å². The van der Waals surface area contributed by atoms with Crippen LogP contribution >= 0.6 is 0 Å². The van der Waals surface area contributed by atoms with E-state index in [0.717, 1.165) is 72.0 Å². The fourth-order valence-electron chi connectivity index (χ4n) is 5.46. The van der Waals surface area contributed by atoms with Crippen molar-refractivity contribution < 1.29 is 9.53 Å². The zero-order valence-electron chi connectivity index (χ0n) is 21.9. The molecule has 0 saturated carbocycles. The predicted octanol–water partition coefficient (Wildman–Crippen LogP) is 4.08. The van der Waals surface area contributed by atoms with E-state index >= 15 is 0 Å². The van der Waals surface area contributed by atoms with Gasteiger partial charge in [0.05, 0.1) is 5.39 Å². The van der Waals surface area contributed by atoms with Crippen LogP contribution in [0.3, 0.4) is 0 Å². The number of benzene rings is 2. The van der Waals surface area contributed by atoms with Gasteiger partial charge in [0.2, 0.25) is 5.91 Å². The molecule has 1 amide bonds. The van der Waals surface area contributed by atoms with Crippen LogP contribution in [0.1, 0.15) is 12.1 Å². The first-order valence-electron chi connectivity index (χ1n) is 13.1. The van der Waals surface area contributed by atoms with Gasteiger partial charge in [-0.2, -0.15) is 0 Å². The molecule has 4 heterocycles. The van der Waals surface area contributed by atoms with Crippen LogP contribution in [0.25, 0.3) is 22.2 Å². The molecule has 2 aromatic heterocycles. The van der Waals surface area contributed by atoms with Gasteiger partial charge in [0, 0.05) is 50.7 Å². The van der Waals surface area contributed by atoms with Crippen LogP contribution in [-0.4, -0.2) is 62.5 Å². The maximum Gasteiger partial charge on any atom is 0.246 e. The summed E-state index contributed by atoms with van der Waals surface area (Å²) < 4.78 is 7.98. The van der Waals surface area contributed by atoms with Gasteiger partial charge in [-0.05, 0) is 48.2 Å². The summed E-state index contributed by atoms with van der Waals surface area (Å²) in [5.74, 6) is 9.18. The molecular weight excluding hydrogens is 488 g/mol. The summed E-state index contributed by atoms with van der Waals surface area (Å²) in [6.07, 6.45) is 3.88. The van der Waals surface area contributed by atoms with E-state index in [4.69, 9.17) is 10.5 Å². The highest BCUT2D eigenvalue weighted by Gasteiger charge is 2.36. The molecule has 1 atom stereocenters. The molecule has 1 unspecified atom stereocenters. The Morgan fingerprint density at radius 2 is 1.82 bits per heavy atom. The minimum absolute atomic E-state index is 0.0136. The third-order valence-corrected chi connectivity index (χ3v) is 7.59. The number of amides is 1. The van der Waals surface area contributed by atoms with Crippen LogP contribution in [0.5, 0.6) is 11.5 Å². The van der Waals surface area contributed by atoms with E-state index in [9.17, 15) is 4.79 Å². The zero-order valence-corrected chi connectivity index (χ0v) is 21.9. The fraction of sp³-hybridized carbons (Fsp3) is 0.258. The molecule has 0 bridgehead atoms. The largest absolute Gasteiger partial charge is 0.457 e.